The van der Waals surface area contributed by atoms with Crippen LogP contribution in [0.25, 0.3) is 0 Å². The van der Waals surface area contributed by atoms with Gasteiger partial charge >= 0.3 is 0 Å². The summed E-state index contributed by atoms with van der Waals surface area (Å²) in [6.07, 6.45) is 2.41. The van der Waals surface area contributed by atoms with Crippen LogP contribution in [-0.2, 0) is 6.42 Å². The van der Waals surface area contributed by atoms with Crippen molar-refractivity contribution in [2.75, 3.05) is 19.5 Å². The van der Waals surface area contributed by atoms with Gasteiger partial charge in [0.25, 0.3) is 5.95 Å². The summed E-state index contributed by atoms with van der Waals surface area (Å²) in [4.78, 5) is 1.14. The van der Waals surface area contributed by atoms with Gasteiger partial charge in [-0.25, -0.2) is 0 Å². The van der Waals surface area contributed by atoms with Gasteiger partial charge in [-0.3, -0.25) is 0 Å². The number of rotatable bonds is 7. The van der Waals surface area contributed by atoms with Crippen LogP contribution in [0, 0.1) is 0 Å². The number of hydrogen-bond acceptors (Lipinski definition) is 7. The highest BCUT2D eigenvalue weighted by atomic mass is 16.5. The number of benzene rings is 2. The maximum absolute atomic E-state index is 5.83. The predicted octanol–water partition coefficient (Wildman–Crippen LogP) is 1.77. The third kappa shape index (κ3) is 4.31. The van der Waals surface area contributed by atoms with Gasteiger partial charge in [0.15, 0.2) is 11.5 Å². The molecule has 25 heavy (non-hydrogen) atoms. The number of aromatic nitrogens is 4. The molecule has 0 saturated heterocycles. The second kappa shape index (κ2) is 7.91. The molecule has 0 aliphatic heterocycles. The first kappa shape index (κ1) is 16.4. The smallest absolute Gasteiger partial charge is 0.263 e. The van der Waals surface area contributed by atoms with E-state index >= 15 is 0 Å². The zero-order valence-electron chi connectivity index (χ0n) is 13.7. The molecule has 0 aliphatic rings. The maximum Gasteiger partial charge on any atom is 0.263 e. The van der Waals surface area contributed by atoms with Gasteiger partial charge in [0, 0.05) is 6.42 Å². The summed E-state index contributed by atoms with van der Waals surface area (Å²) in [6, 6.07) is 15.7. The molecule has 0 fully saturated rings. The van der Waals surface area contributed by atoms with E-state index < -0.39 is 0 Å². The van der Waals surface area contributed by atoms with Crippen LogP contribution in [0.5, 0.6) is 11.5 Å². The molecule has 3 rings (SSSR count). The van der Waals surface area contributed by atoms with E-state index in [9.17, 15) is 0 Å². The Labute approximate surface area is 144 Å². The molecule has 1 heterocycles. The molecule has 1 aromatic heterocycles. The van der Waals surface area contributed by atoms with E-state index in [0.717, 1.165) is 16.8 Å². The molecule has 8 heteroatoms. The van der Waals surface area contributed by atoms with Crippen LogP contribution in [0.4, 0.5) is 5.95 Å². The fraction of sp³-hybridized carbons (Fsp3) is 0.176. The summed E-state index contributed by atoms with van der Waals surface area (Å²) >= 11 is 0. The first-order valence-electron chi connectivity index (χ1n) is 7.69. The lowest BCUT2D eigenvalue weighted by atomic mass is 10.2. The van der Waals surface area contributed by atoms with Crippen LogP contribution in [0.1, 0.15) is 11.1 Å². The van der Waals surface area contributed by atoms with Gasteiger partial charge in [-0.1, -0.05) is 40.2 Å². The maximum atomic E-state index is 5.83. The molecule has 0 bridgehead atoms. The Morgan fingerprint density at radius 2 is 2.00 bits per heavy atom. The average molecular weight is 338 g/mol. The Morgan fingerprint density at radius 1 is 1.16 bits per heavy atom. The van der Waals surface area contributed by atoms with Crippen molar-refractivity contribution in [1.82, 2.24) is 20.3 Å². The second-order valence-corrected chi connectivity index (χ2v) is 5.17. The van der Waals surface area contributed by atoms with Crippen molar-refractivity contribution in [2.45, 2.75) is 6.42 Å². The van der Waals surface area contributed by atoms with Crippen LogP contribution in [0.15, 0.2) is 53.6 Å². The standard InChI is InChI=1S/C17H18N6O2/c1-24-16-11-14(12-19-23-17(18)20-21-22-23)7-8-15(16)25-10-9-13-5-3-2-4-6-13/h2-8,11-12H,9-10H2,1H3,(H2,18,20,22). The Balaban J connectivity index is 1.65. The summed E-state index contributed by atoms with van der Waals surface area (Å²) in [5.41, 5.74) is 7.59. The molecule has 128 valence electrons. The minimum absolute atomic E-state index is 0.115. The van der Waals surface area contributed by atoms with E-state index in [-0.39, 0.29) is 5.95 Å². The SMILES string of the molecule is COc1cc(C=Nn2nnnc2N)ccc1OCCc1ccccc1. The van der Waals surface area contributed by atoms with E-state index in [1.165, 1.54) is 5.56 Å². The summed E-state index contributed by atoms with van der Waals surface area (Å²) in [5, 5.41) is 14.7. The van der Waals surface area contributed by atoms with E-state index in [2.05, 4.69) is 32.8 Å². The number of ether oxygens (including phenoxy) is 2. The lowest BCUT2D eigenvalue weighted by molar-refractivity contribution is 0.297. The van der Waals surface area contributed by atoms with Crippen LogP contribution in [-0.4, -0.2) is 40.2 Å². The van der Waals surface area contributed by atoms with E-state index in [4.69, 9.17) is 15.2 Å². The van der Waals surface area contributed by atoms with Crippen LogP contribution in [0.3, 0.4) is 0 Å². The molecule has 0 spiro atoms. The minimum Gasteiger partial charge on any atom is -0.493 e. The number of nitrogens with two attached hydrogens (primary N) is 1. The van der Waals surface area contributed by atoms with Crippen molar-refractivity contribution in [3.05, 3.63) is 59.7 Å². The molecule has 2 N–H and O–H groups in total. The van der Waals surface area contributed by atoms with Crippen molar-refractivity contribution < 1.29 is 9.47 Å². The number of methoxy groups -OCH3 is 1. The van der Waals surface area contributed by atoms with Gasteiger partial charge in [0.2, 0.25) is 0 Å². The number of tetrazole rings is 1. The van der Waals surface area contributed by atoms with Gasteiger partial charge in [-0.2, -0.15) is 5.10 Å². The molecule has 0 unspecified atom stereocenters. The first-order valence-corrected chi connectivity index (χ1v) is 7.69. The summed E-state index contributed by atoms with van der Waals surface area (Å²) < 4.78 is 11.2. The van der Waals surface area contributed by atoms with Gasteiger partial charge in [0.05, 0.1) is 19.9 Å². The minimum atomic E-state index is 0.115. The van der Waals surface area contributed by atoms with Gasteiger partial charge in [-0.05, 0) is 39.8 Å². The second-order valence-electron chi connectivity index (χ2n) is 5.17. The van der Waals surface area contributed by atoms with Crippen LogP contribution < -0.4 is 15.2 Å². The van der Waals surface area contributed by atoms with Crippen molar-refractivity contribution in [2.24, 2.45) is 5.10 Å². The van der Waals surface area contributed by atoms with Gasteiger partial charge < -0.3 is 15.2 Å². The monoisotopic (exact) mass is 338 g/mol. The largest absolute Gasteiger partial charge is 0.493 e. The molecule has 2 aromatic carbocycles. The first-order chi connectivity index (χ1) is 12.3. The molecular formula is C17H18N6O2. The number of nitrogen functional groups attached to an aromatic ring is 1. The predicted molar refractivity (Wildman–Crippen MR) is 93.9 cm³/mol. The normalized spacial score (nSPS) is 10.9. The van der Waals surface area contributed by atoms with Crippen molar-refractivity contribution in [1.29, 1.82) is 0 Å². The number of hydrogen-bond donors (Lipinski definition) is 1. The quantitative estimate of drug-likeness (QED) is 0.659. The highest BCUT2D eigenvalue weighted by Gasteiger charge is 2.06. The average Bonchev–Trinajstić information content (AvgIpc) is 3.06. The molecule has 0 aliphatic carbocycles. The molecule has 8 nitrogen and oxygen atoms in total. The van der Waals surface area contributed by atoms with Crippen molar-refractivity contribution >= 4 is 12.2 Å². The Kier molecular flexibility index (Phi) is 5.20. The van der Waals surface area contributed by atoms with Gasteiger partial charge in [-0.15, -0.1) is 0 Å². The third-order valence-electron chi connectivity index (χ3n) is 3.47. The summed E-state index contributed by atoms with van der Waals surface area (Å²) in [6.45, 7) is 0.564. The van der Waals surface area contributed by atoms with Crippen LogP contribution in [0.2, 0.25) is 0 Å². The topological polar surface area (TPSA) is 100 Å². The molecule has 0 saturated carbocycles. The fourth-order valence-corrected chi connectivity index (χ4v) is 2.20. The van der Waals surface area contributed by atoms with Gasteiger partial charge in [0.1, 0.15) is 0 Å². The lowest BCUT2D eigenvalue weighted by Crippen LogP contribution is -2.03. The highest BCUT2D eigenvalue weighted by molar-refractivity contribution is 5.80. The van der Waals surface area contributed by atoms with Crippen molar-refractivity contribution in [3.8, 4) is 11.5 Å². The van der Waals surface area contributed by atoms with E-state index in [0.29, 0.717) is 18.1 Å². The Hall–Kier alpha value is -3.42. The zero-order chi connectivity index (χ0) is 17.5. The zero-order valence-corrected chi connectivity index (χ0v) is 13.7. The Bertz CT molecular complexity index is 847. The molecule has 0 radical (unpaired) electrons. The summed E-state index contributed by atoms with van der Waals surface area (Å²) in [7, 11) is 1.60. The number of anilines is 1. The third-order valence-corrected chi connectivity index (χ3v) is 3.47. The highest BCUT2D eigenvalue weighted by Crippen LogP contribution is 2.27. The molecular weight excluding hydrogens is 320 g/mol. The van der Waals surface area contributed by atoms with Crippen molar-refractivity contribution in [3.63, 3.8) is 0 Å². The molecule has 3 aromatic rings. The fourth-order valence-electron chi connectivity index (χ4n) is 2.20. The van der Waals surface area contributed by atoms with E-state index in [1.54, 1.807) is 13.3 Å². The number of nitrogens with zero attached hydrogens (tertiary/aromatic N) is 5. The molecule has 0 amide bonds. The van der Waals surface area contributed by atoms with E-state index in [1.807, 2.05) is 36.4 Å². The lowest BCUT2D eigenvalue weighted by Gasteiger charge is -2.11. The van der Waals surface area contributed by atoms with Crippen LogP contribution >= 0.6 is 0 Å². The molecule has 0 atom stereocenters. The Morgan fingerprint density at radius 3 is 2.72 bits per heavy atom. The summed E-state index contributed by atoms with van der Waals surface area (Å²) in [5.74, 6) is 1.42.